The fourth-order valence-corrected chi connectivity index (χ4v) is 4.01. The minimum absolute atomic E-state index is 0.0257. The number of hydrogen-bond acceptors (Lipinski definition) is 3. The third-order valence-electron chi connectivity index (χ3n) is 5.45. The summed E-state index contributed by atoms with van der Waals surface area (Å²) in [5, 5.41) is 0.576. The zero-order valence-electron chi connectivity index (χ0n) is 16.0. The van der Waals surface area contributed by atoms with E-state index >= 15 is 0 Å². The summed E-state index contributed by atoms with van der Waals surface area (Å²) in [7, 11) is 0. The van der Waals surface area contributed by atoms with Gasteiger partial charge in [-0.2, -0.15) is 0 Å². The number of benzene rings is 3. The van der Waals surface area contributed by atoms with E-state index in [2.05, 4.69) is 11.1 Å². The molecule has 2 heterocycles. The Morgan fingerprint density at radius 2 is 1.66 bits per heavy atom. The number of amides is 1. The van der Waals surface area contributed by atoms with Crippen LogP contribution in [0.25, 0.3) is 16.6 Å². The van der Waals surface area contributed by atoms with Gasteiger partial charge < -0.3 is 4.90 Å². The summed E-state index contributed by atoms with van der Waals surface area (Å²) in [6, 6.07) is 22.5. The van der Waals surface area contributed by atoms with Crippen LogP contribution in [-0.4, -0.2) is 22.0 Å². The average molecular weight is 381 g/mol. The van der Waals surface area contributed by atoms with Crippen LogP contribution in [0.1, 0.15) is 21.7 Å². The van der Waals surface area contributed by atoms with E-state index in [9.17, 15) is 9.59 Å². The number of aromatic nitrogens is 2. The van der Waals surface area contributed by atoms with E-state index in [1.165, 1.54) is 5.56 Å². The Morgan fingerprint density at radius 3 is 2.48 bits per heavy atom. The summed E-state index contributed by atoms with van der Waals surface area (Å²) >= 11 is 0. The quantitative estimate of drug-likeness (QED) is 0.529. The Kier molecular flexibility index (Phi) is 4.02. The number of rotatable bonds is 2. The highest BCUT2D eigenvalue weighted by Crippen LogP contribution is 2.29. The molecule has 0 unspecified atom stereocenters. The van der Waals surface area contributed by atoms with Gasteiger partial charge in [0.2, 0.25) is 0 Å². The Hall–Kier alpha value is -3.73. The Labute approximate surface area is 167 Å². The maximum absolute atomic E-state index is 13.0. The van der Waals surface area contributed by atoms with Crippen molar-refractivity contribution in [2.75, 3.05) is 11.4 Å². The maximum Gasteiger partial charge on any atom is 0.265 e. The summed E-state index contributed by atoms with van der Waals surface area (Å²) in [4.78, 5) is 32.3. The molecule has 29 heavy (non-hydrogen) atoms. The van der Waals surface area contributed by atoms with Crippen LogP contribution in [-0.2, 0) is 6.42 Å². The summed E-state index contributed by atoms with van der Waals surface area (Å²) in [5.74, 6) is 0.587. The van der Waals surface area contributed by atoms with E-state index in [0.29, 0.717) is 34.5 Å². The molecule has 5 rings (SSSR count). The molecule has 5 nitrogen and oxygen atoms in total. The lowest BCUT2D eigenvalue weighted by Crippen LogP contribution is -2.29. The predicted molar refractivity (Wildman–Crippen MR) is 114 cm³/mol. The molecule has 1 amide bonds. The first kappa shape index (κ1) is 17.4. The lowest BCUT2D eigenvalue weighted by molar-refractivity contribution is 0.0989. The van der Waals surface area contributed by atoms with Gasteiger partial charge in [-0.3, -0.25) is 14.2 Å². The van der Waals surface area contributed by atoms with Crippen molar-refractivity contribution in [1.29, 1.82) is 0 Å². The van der Waals surface area contributed by atoms with Crippen molar-refractivity contribution in [2.45, 2.75) is 13.3 Å². The minimum atomic E-state index is -0.111. The summed E-state index contributed by atoms with van der Waals surface area (Å²) in [5.41, 5.74) is 4.05. The average Bonchev–Trinajstić information content (AvgIpc) is 3.18. The number of para-hydroxylation sites is 2. The molecule has 3 aromatic carbocycles. The van der Waals surface area contributed by atoms with Gasteiger partial charge >= 0.3 is 0 Å². The highest BCUT2D eigenvalue weighted by Gasteiger charge is 2.25. The van der Waals surface area contributed by atoms with Crippen LogP contribution in [0.3, 0.4) is 0 Å². The molecule has 1 aliphatic rings. The van der Waals surface area contributed by atoms with Crippen molar-refractivity contribution in [3.05, 3.63) is 100 Å². The number of aryl methyl sites for hydroxylation is 1. The minimum Gasteiger partial charge on any atom is -0.308 e. The lowest BCUT2D eigenvalue weighted by Gasteiger charge is -2.18. The third-order valence-corrected chi connectivity index (χ3v) is 5.45. The van der Waals surface area contributed by atoms with Crippen LogP contribution < -0.4 is 10.5 Å². The highest BCUT2D eigenvalue weighted by molar-refractivity contribution is 6.07. The molecule has 0 spiro atoms. The molecule has 0 bridgehead atoms. The molecule has 0 atom stereocenters. The monoisotopic (exact) mass is 381 g/mol. The second-order valence-electron chi connectivity index (χ2n) is 7.20. The molecule has 142 valence electrons. The van der Waals surface area contributed by atoms with E-state index < -0.39 is 0 Å². The van der Waals surface area contributed by atoms with E-state index in [0.717, 1.165) is 12.1 Å². The molecule has 0 fully saturated rings. The third kappa shape index (κ3) is 2.83. The van der Waals surface area contributed by atoms with Crippen molar-refractivity contribution < 1.29 is 4.79 Å². The van der Waals surface area contributed by atoms with E-state index in [1.54, 1.807) is 34.9 Å². The number of nitrogens with zero attached hydrogens (tertiary/aromatic N) is 3. The SMILES string of the molecule is Cc1nc2ccccc2c(=O)n1-c1ccc(C(=O)N2CCc3ccccc32)cc1. The number of hydrogen-bond donors (Lipinski definition) is 0. The first-order valence-corrected chi connectivity index (χ1v) is 9.62. The predicted octanol–water partition coefficient (Wildman–Crippen LogP) is 3.90. The topological polar surface area (TPSA) is 55.2 Å². The van der Waals surface area contributed by atoms with Gasteiger partial charge in [-0.1, -0.05) is 30.3 Å². The molecule has 0 radical (unpaired) electrons. The van der Waals surface area contributed by atoms with Crippen LogP contribution in [0.5, 0.6) is 0 Å². The van der Waals surface area contributed by atoms with Crippen molar-refractivity contribution in [2.24, 2.45) is 0 Å². The van der Waals surface area contributed by atoms with Crippen molar-refractivity contribution in [3.8, 4) is 5.69 Å². The summed E-state index contributed by atoms with van der Waals surface area (Å²) in [6.07, 6.45) is 0.872. The molecular formula is C24H19N3O2. The first-order chi connectivity index (χ1) is 14.1. The molecule has 0 N–H and O–H groups in total. The molecule has 1 aliphatic heterocycles. The van der Waals surface area contributed by atoms with Crippen LogP contribution >= 0.6 is 0 Å². The molecule has 5 heteroatoms. The smallest absolute Gasteiger partial charge is 0.265 e. The molecule has 1 aromatic heterocycles. The molecule has 4 aromatic rings. The second-order valence-corrected chi connectivity index (χ2v) is 7.20. The Balaban J connectivity index is 1.51. The number of carbonyl (C=O) groups is 1. The van der Waals surface area contributed by atoms with Crippen LogP contribution in [0.15, 0.2) is 77.6 Å². The van der Waals surface area contributed by atoms with Crippen molar-refractivity contribution >= 4 is 22.5 Å². The number of fused-ring (bicyclic) bond motifs is 2. The fraction of sp³-hybridized carbons (Fsp3) is 0.125. The largest absolute Gasteiger partial charge is 0.308 e. The number of carbonyl (C=O) groups excluding carboxylic acids is 1. The van der Waals surface area contributed by atoms with Gasteiger partial charge in [-0.05, 0) is 61.4 Å². The second kappa shape index (κ2) is 6.71. The molecule has 0 saturated carbocycles. The first-order valence-electron chi connectivity index (χ1n) is 9.62. The zero-order chi connectivity index (χ0) is 20.0. The lowest BCUT2D eigenvalue weighted by atomic mass is 10.1. The van der Waals surface area contributed by atoms with Gasteiger partial charge in [-0.25, -0.2) is 4.98 Å². The summed E-state index contributed by atoms with van der Waals surface area (Å²) < 4.78 is 1.59. The van der Waals surface area contributed by atoms with Crippen LogP contribution in [0.4, 0.5) is 5.69 Å². The van der Waals surface area contributed by atoms with Gasteiger partial charge in [0.15, 0.2) is 0 Å². The standard InChI is InChI=1S/C24H19N3O2/c1-16-25-21-8-4-3-7-20(21)24(29)27(16)19-12-10-18(11-13-19)23(28)26-15-14-17-6-2-5-9-22(17)26/h2-13H,14-15H2,1H3. The van der Waals surface area contributed by atoms with Gasteiger partial charge in [0, 0.05) is 17.8 Å². The summed E-state index contributed by atoms with van der Waals surface area (Å²) in [6.45, 7) is 2.50. The molecule has 0 aliphatic carbocycles. The normalized spacial score (nSPS) is 12.9. The van der Waals surface area contributed by atoms with Crippen LogP contribution in [0.2, 0.25) is 0 Å². The van der Waals surface area contributed by atoms with Crippen LogP contribution in [0, 0.1) is 6.92 Å². The Morgan fingerprint density at radius 1 is 0.931 bits per heavy atom. The van der Waals surface area contributed by atoms with Gasteiger partial charge in [0.05, 0.1) is 16.6 Å². The van der Waals surface area contributed by atoms with Gasteiger partial charge in [0.25, 0.3) is 11.5 Å². The highest BCUT2D eigenvalue weighted by atomic mass is 16.2. The molecule has 0 saturated heterocycles. The maximum atomic E-state index is 13.0. The van der Waals surface area contributed by atoms with Gasteiger partial charge in [-0.15, -0.1) is 0 Å². The van der Waals surface area contributed by atoms with Crippen molar-refractivity contribution in [3.63, 3.8) is 0 Å². The van der Waals surface area contributed by atoms with Crippen molar-refractivity contribution in [1.82, 2.24) is 9.55 Å². The van der Waals surface area contributed by atoms with E-state index in [4.69, 9.17) is 0 Å². The molecular weight excluding hydrogens is 362 g/mol. The zero-order valence-corrected chi connectivity index (χ0v) is 16.0. The Bertz CT molecular complexity index is 1310. The van der Waals surface area contributed by atoms with Gasteiger partial charge in [0.1, 0.15) is 5.82 Å². The van der Waals surface area contributed by atoms with E-state index in [1.807, 2.05) is 48.2 Å². The number of anilines is 1. The van der Waals surface area contributed by atoms with E-state index in [-0.39, 0.29) is 11.5 Å². The fourth-order valence-electron chi connectivity index (χ4n) is 4.01.